The van der Waals surface area contributed by atoms with E-state index < -0.39 is 5.60 Å². The van der Waals surface area contributed by atoms with Crippen molar-refractivity contribution < 1.29 is 10.2 Å². The van der Waals surface area contributed by atoms with Crippen molar-refractivity contribution in [2.45, 2.75) is 90.3 Å². The van der Waals surface area contributed by atoms with E-state index in [1.165, 1.54) is 25.7 Å². The first-order valence-corrected chi connectivity index (χ1v) is 9.94. The lowest BCUT2D eigenvalue weighted by molar-refractivity contribution is -0.125. The molecule has 3 fully saturated rings. The summed E-state index contributed by atoms with van der Waals surface area (Å²) < 4.78 is 0. The summed E-state index contributed by atoms with van der Waals surface area (Å²) >= 11 is 0. The highest BCUT2D eigenvalue weighted by atomic mass is 16.3. The van der Waals surface area contributed by atoms with Crippen LogP contribution in [0, 0.1) is 28.6 Å². The van der Waals surface area contributed by atoms with E-state index in [1.54, 1.807) is 5.57 Å². The molecular weight excluding hydrogens is 284 g/mol. The van der Waals surface area contributed by atoms with E-state index in [0.717, 1.165) is 43.9 Å². The number of hydrogen-bond donors (Lipinski definition) is 2. The molecule has 2 heteroatoms. The molecule has 2 N–H and O–H groups in total. The minimum atomic E-state index is -0.434. The van der Waals surface area contributed by atoms with Gasteiger partial charge in [0.05, 0.1) is 11.7 Å². The lowest BCUT2D eigenvalue weighted by Gasteiger charge is -2.59. The molecule has 4 aliphatic carbocycles. The van der Waals surface area contributed by atoms with Gasteiger partial charge in [0.15, 0.2) is 0 Å². The Bertz CT molecular complexity index is 526. The maximum absolute atomic E-state index is 11.2. The summed E-state index contributed by atoms with van der Waals surface area (Å²) in [5.41, 5.74) is 1.55. The molecule has 7 atom stereocenters. The Morgan fingerprint density at radius 3 is 2.57 bits per heavy atom. The predicted octanol–water partition coefficient (Wildman–Crippen LogP) is 4.45. The minimum absolute atomic E-state index is 0.114. The molecule has 0 aromatic rings. The van der Waals surface area contributed by atoms with Crippen molar-refractivity contribution in [2.24, 2.45) is 28.6 Å². The number of hydrogen-bond acceptors (Lipinski definition) is 2. The summed E-state index contributed by atoms with van der Waals surface area (Å²) in [7, 11) is 0. The Morgan fingerprint density at radius 2 is 1.83 bits per heavy atom. The van der Waals surface area contributed by atoms with Gasteiger partial charge in [-0.15, -0.1) is 0 Å². The van der Waals surface area contributed by atoms with Crippen molar-refractivity contribution in [1.82, 2.24) is 0 Å². The van der Waals surface area contributed by atoms with Crippen LogP contribution in [-0.4, -0.2) is 21.9 Å². The Kier molecular flexibility index (Phi) is 3.57. The molecule has 0 aromatic carbocycles. The molecule has 0 unspecified atom stereocenters. The van der Waals surface area contributed by atoms with Crippen LogP contribution in [0.1, 0.15) is 78.6 Å². The molecule has 0 radical (unpaired) electrons. The second-order valence-corrected chi connectivity index (χ2v) is 9.54. The van der Waals surface area contributed by atoms with Crippen LogP contribution in [0.5, 0.6) is 0 Å². The summed E-state index contributed by atoms with van der Waals surface area (Å²) in [6.45, 7) is 7.03. The monoisotopic (exact) mass is 318 g/mol. The number of allylic oxidation sites excluding steroid dienone is 1. The Hall–Kier alpha value is -0.340. The molecule has 2 nitrogen and oxygen atoms in total. The fraction of sp³-hybridized carbons (Fsp3) is 0.905. The maximum atomic E-state index is 11.2. The van der Waals surface area contributed by atoms with Crippen molar-refractivity contribution in [3.63, 3.8) is 0 Å². The molecule has 0 amide bonds. The molecule has 0 aliphatic heterocycles. The summed E-state index contributed by atoms with van der Waals surface area (Å²) in [5.74, 6) is 2.21. The lowest BCUT2D eigenvalue weighted by Crippen LogP contribution is -2.54. The molecule has 130 valence electrons. The van der Waals surface area contributed by atoms with E-state index in [4.69, 9.17) is 0 Å². The van der Waals surface area contributed by atoms with Crippen LogP contribution in [0.2, 0.25) is 0 Å². The van der Waals surface area contributed by atoms with Gasteiger partial charge in [0.1, 0.15) is 0 Å². The van der Waals surface area contributed by atoms with Gasteiger partial charge in [-0.25, -0.2) is 0 Å². The average molecular weight is 319 g/mol. The van der Waals surface area contributed by atoms with Gasteiger partial charge in [-0.05, 0) is 86.4 Å². The van der Waals surface area contributed by atoms with Gasteiger partial charge >= 0.3 is 0 Å². The quantitative estimate of drug-likeness (QED) is 0.701. The highest BCUT2D eigenvalue weighted by Crippen LogP contribution is 2.67. The number of rotatable bonds is 1. The predicted molar refractivity (Wildman–Crippen MR) is 93.0 cm³/mol. The molecule has 23 heavy (non-hydrogen) atoms. The van der Waals surface area contributed by atoms with Crippen LogP contribution in [-0.2, 0) is 0 Å². The molecular formula is C21H34O2. The van der Waals surface area contributed by atoms with E-state index in [2.05, 4.69) is 26.8 Å². The van der Waals surface area contributed by atoms with E-state index in [9.17, 15) is 10.2 Å². The van der Waals surface area contributed by atoms with Crippen molar-refractivity contribution in [3.05, 3.63) is 11.6 Å². The van der Waals surface area contributed by atoms with Crippen molar-refractivity contribution in [3.8, 4) is 0 Å². The molecule has 0 saturated heterocycles. The first-order chi connectivity index (χ1) is 10.8. The van der Waals surface area contributed by atoms with Crippen LogP contribution < -0.4 is 0 Å². The fourth-order valence-corrected chi connectivity index (χ4v) is 7.33. The SMILES string of the molecule is CC[C@]1(O)CC[C@@H]2[C@@H]3CC=C4C[C@@H](O)CC[C@]4(C)[C@H]3CC[C@@]21C. The topological polar surface area (TPSA) is 40.5 Å². The standard InChI is InChI=1S/C21H34O2/c1-4-21(23)12-9-18-16-6-5-14-13-15(22)7-10-19(14,2)17(16)8-11-20(18,21)3/h5,15-18,22-23H,4,6-13H2,1-3H3/t15-,16+,17-,18+,19-,20-,21-/m0/s1. The molecule has 3 saturated carbocycles. The lowest BCUT2D eigenvalue weighted by atomic mass is 9.47. The summed E-state index contributed by atoms with van der Waals surface area (Å²) in [6.07, 6.45) is 12.2. The third-order valence-corrected chi connectivity index (χ3v) is 8.98. The third-order valence-electron chi connectivity index (χ3n) is 8.98. The highest BCUT2D eigenvalue weighted by Gasteiger charge is 2.62. The molecule has 4 aliphatic rings. The van der Waals surface area contributed by atoms with Gasteiger partial charge in [0.2, 0.25) is 0 Å². The van der Waals surface area contributed by atoms with Crippen LogP contribution >= 0.6 is 0 Å². The zero-order valence-corrected chi connectivity index (χ0v) is 15.1. The second kappa shape index (κ2) is 5.08. The Labute approximate surface area is 141 Å². The largest absolute Gasteiger partial charge is 0.393 e. The van der Waals surface area contributed by atoms with Gasteiger partial charge in [0.25, 0.3) is 0 Å². The van der Waals surface area contributed by atoms with Gasteiger partial charge in [-0.3, -0.25) is 0 Å². The zero-order chi connectivity index (χ0) is 16.5. The van der Waals surface area contributed by atoms with Crippen LogP contribution in [0.15, 0.2) is 11.6 Å². The van der Waals surface area contributed by atoms with Crippen molar-refractivity contribution >= 4 is 0 Å². The maximum Gasteiger partial charge on any atom is 0.0701 e. The van der Waals surface area contributed by atoms with Crippen molar-refractivity contribution in [2.75, 3.05) is 0 Å². The van der Waals surface area contributed by atoms with Gasteiger partial charge < -0.3 is 10.2 Å². The third kappa shape index (κ3) is 2.00. The number of fused-ring (bicyclic) bond motifs is 5. The summed E-state index contributed by atoms with van der Waals surface area (Å²) in [4.78, 5) is 0. The Morgan fingerprint density at radius 1 is 1.09 bits per heavy atom. The normalized spacial score (nSPS) is 55.6. The molecule has 0 bridgehead atoms. The van der Waals surface area contributed by atoms with E-state index in [1.807, 2.05) is 0 Å². The van der Waals surface area contributed by atoms with E-state index in [0.29, 0.717) is 11.3 Å². The van der Waals surface area contributed by atoms with E-state index in [-0.39, 0.29) is 11.5 Å². The smallest absolute Gasteiger partial charge is 0.0701 e. The van der Waals surface area contributed by atoms with E-state index >= 15 is 0 Å². The Balaban J connectivity index is 1.68. The first kappa shape index (κ1) is 16.1. The first-order valence-electron chi connectivity index (χ1n) is 9.94. The molecule has 0 heterocycles. The molecule has 0 spiro atoms. The van der Waals surface area contributed by atoms with Gasteiger partial charge in [0, 0.05) is 0 Å². The highest BCUT2D eigenvalue weighted by molar-refractivity contribution is 5.26. The average Bonchev–Trinajstić information content (AvgIpc) is 2.80. The fourth-order valence-electron chi connectivity index (χ4n) is 7.33. The second-order valence-electron chi connectivity index (χ2n) is 9.54. The van der Waals surface area contributed by atoms with Gasteiger partial charge in [-0.1, -0.05) is 32.4 Å². The number of aliphatic hydroxyl groups is 2. The summed E-state index contributed by atoms with van der Waals surface area (Å²) in [5, 5.41) is 21.3. The van der Waals surface area contributed by atoms with Crippen LogP contribution in [0.4, 0.5) is 0 Å². The van der Waals surface area contributed by atoms with Crippen molar-refractivity contribution in [1.29, 1.82) is 0 Å². The molecule has 0 aromatic heterocycles. The summed E-state index contributed by atoms with van der Waals surface area (Å²) in [6, 6.07) is 0. The van der Waals surface area contributed by atoms with Crippen LogP contribution in [0.3, 0.4) is 0 Å². The molecule has 4 rings (SSSR count). The minimum Gasteiger partial charge on any atom is -0.393 e. The zero-order valence-electron chi connectivity index (χ0n) is 15.1. The van der Waals surface area contributed by atoms with Gasteiger partial charge in [-0.2, -0.15) is 0 Å². The van der Waals surface area contributed by atoms with Crippen LogP contribution in [0.25, 0.3) is 0 Å². The number of aliphatic hydroxyl groups excluding tert-OH is 1.